The average molecular weight is 262 g/mol. The molecular formula is C11H13Cl2NO2. The molecule has 0 aliphatic rings. The van der Waals surface area contributed by atoms with Crippen LogP contribution in [0.1, 0.15) is 24.8 Å². The standard InChI is InChI=1S/C11H13Cl2NO2/c1-6(14)8(5-11(15)16)9-4-7(12)2-3-10(9)13/h2-4,6,8H,5,14H2,1H3,(H,15,16). The highest BCUT2D eigenvalue weighted by Gasteiger charge is 2.22. The summed E-state index contributed by atoms with van der Waals surface area (Å²) < 4.78 is 0. The molecule has 0 radical (unpaired) electrons. The normalized spacial score (nSPS) is 14.5. The number of aliphatic carboxylic acids is 1. The lowest BCUT2D eigenvalue weighted by atomic mass is 9.90. The zero-order valence-corrected chi connectivity index (χ0v) is 10.3. The van der Waals surface area contributed by atoms with Crippen LogP contribution in [0, 0.1) is 0 Å². The predicted molar refractivity (Wildman–Crippen MR) is 65.1 cm³/mol. The molecule has 0 saturated carbocycles. The Morgan fingerprint density at radius 1 is 1.50 bits per heavy atom. The van der Waals surface area contributed by atoms with Crippen molar-refractivity contribution in [3.63, 3.8) is 0 Å². The Morgan fingerprint density at radius 2 is 2.12 bits per heavy atom. The molecule has 16 heavy (non-hydrogen) atoms. The van der Waals surface area contributed by atoms with E-state index >= 15 is 0 Å². The molecule has 0 saturated heterocycles. The van der Waals surface area contributed by atoms with E-state index < -0.39 is 5.97 Å². The summed E-state index contributed by atoms with van der Waals surface area (Å²) >= 11 is 11.9. The summed E-state index contributed by atoms with van der Waals surface area (Å²) in [5.74, 6) is -1.23. The highest BCUT2D eigenvalue weighted by atomic mass is 35.5. The number of carbonyl (C=O) groups is 1. The maximum atomic E-state index is 10.8. The fourth-order valence-corrected chi connectivity index (χ4v) is 2.00. The molecule has 0 aliphatic carbocycles. The minimum Gasteiger partial charge on any atom is -0.481 e. The second kappa shape index (κ2) is 5.53. The molecule has 5 heteroatoms. The van der Waals surface area contributed by atoms with Crippen molar-refractivity contribution in [1.29, 1.82) is 0 Å². The fourth-order valence-electron chi connectivity index (χ4n) is 1.57. The molecule has 88 valence electrons. The van der Waals surface area contributed by atoms with Gasteiger partial charge in [0.2, 0.25) is 0 Å². The van der Waals surface area contributed by atoms with Gasteiger partial charge in [-0.15, -0.1) is 0 Å². The highest BCUT2D eigenvalue weighted by Crippen LogP contribution is 2.31. The van der Waals surface area contributed by atoms with Crippen molar-refractivity contribution in [3.8, 4) is 0 Å². The fraction of sp³-hybridized carbons (Fsp3) is 0.364. The second-order valence-electron chi connectivity index (χ2n) is 3.73. The monoisotopic (exact) mass is 261 g/mol. The molecular weight excluding hydrogens is 249 g/mol. The molecule has 0 aromatic heterocycles. The lowest BCUT2D eigenvalue weighted by Crippen LogP contribution is -2.27. The van der Waals surface area contributed by atoms with Crippen LogP contribution in [-0.2, 0) is 4.79 Å². The first kappa shape index (κ1) is 13.3. The molecule has 1 aromatic carbocycles. The van der Waals surface area contributed by atoms with E-state index in [1.807, 2.05) is 0 Å². The highest BCUT2D eigenvalue weighted by molar-refractivity contribution is 6.33. The van der Waals surface area contributed by atoms with E-state index in [2.05, 4.69) is 0 Å². The third-order valence-corrected chi connectivity index (χ3v) is 2.97. The smallest absolute Gasteiger partial charge is 0.304 e. The van der Waals surface area contributed by atoms with Crippen LogP contribution in [0.3, 0.4) is 0 Å². The van der Waals surface area contributed by atoms with Crippen LogP contribution in [0.25, 0.3) is 0 Å². The first-order chi connectivity index (χ1) is 7.41. The summed E-state index contributed by atoms with van der Waals surface area (Å²) in [5.41, 5.74) is 6.46. The van der Waals surface area contributed by atoms with Crippen LogP contribution in [0.15, 0.2) is 18.2 Å². The van der Waals surface area contributed by atoms with Gasteiger partial charge in [0.05, 0.1) is 6.42 Å². The van der Waals surface area contributed by atoms with Gasteiger partial charge in [-0.2, -0.15) is 0 Å². The Bertz CT molecular complexity index is 394. The summed E-state index contributed by atoms with van der Waals surface area (Å²) in [6.07, 6.45) is -0.0578. The summed E-state index contributed by atoms with van der Waals surface area (Å²) in [5, 5.41) is 9.84. The van der Waals surface area contributed by atoms with Gasteiger partial charge in [0.1, 0.15) is 0 Å². The Balaban J connectivity index is 3.09. The molecule has 1 rings (SSSR count). The first-order valence-corrected chi connectivity index (χ1v) is 5.59. The number of carboxylic acid groups (broad SMARTS) is 1. The quantitative estimate of drug-likeness (QED) is 0.876. The van der Waals surface area contributed by atoms with E-state index in [4.69, 9.17) is 34.0 Å². The van der Waals surface area contributed by atoms with E-state index in [1.54, 1.807) is 25.1 Å². The van der Waals surface area contributed by atoms with Crippen LogP contribution in [0.2, 0.25) is 10.0 Å². The lowest BCUT2D eigenvalue weighted by molar-refractivity contribution is -0.137. The summed E-state index contributed by atoms with van der Waals surface area (Å²) in [6, 6.07) is 4.68. The zero-order valence-electron chi connectivity index (χ0n) is 8.78. The van der Waals surface area contributed by atoms with Gasteiger partial charge in [-0.1, -0.05) is 23.2 Å². The maximum Gasteiger partial charge on any atom is 0.304 e. The molecule has 0 amide bonds. The topological polar surface area (TPSA) is 63.3 Å². The molecule has 3 N–H and O–H groups in total. The number of nitrogens with two attached hydrogens (primary N) is 1. The van der Waals surface area contributed by atoms with Gasteiger partial charge in [0.25, 0.3) is 0 Å². The number of hydrogen-bond acceptors (Lipinski definition) is 2. The van der Waals surface area contributed by atoms with Crippen LogP contribution in [0.5, 0.6) is 0 Å². The average Bonchev–Trinajstić information content (AvgIpc) is 2.18. The van der Waals surface area contributed by atoms with Crippen molar-refractivity contribution in [3.05, 3.63) is 33.8 Å². The first-order valence-electron chi connectivity index (χ1n) is 4.84. The van der Waals surface area contributed by atoms with Crippen LogP contribution < -0.4 is 5.73 Å². The van der Waals surface area contributed by atoms with Crippen molar-refractivity contribution in [2.24, 2.45) is 5.73 Å². The van der Waals surface area contributed by atoms with E-state index in [0.29, 0.717) is 15.6 Å². The van der Waals surface area contributed by atoms with E-state index in [9.17, 15) is 4.79 Å². The molecule has 1 aromatic rings. The number of hydrogen-bond donors (Lipinski definition) is 2. The molecule has 2 atom stereocenters. The van der Waals surface area contributed by atoms with Gasteiger partial charge < -0.3 is 10.8 Å². The molecule has 0 fully saturated rings. The van der Waals surface area contributed by atoms with E-state index in [1.165, 1.54) is 0 Å². The van der Waals surface area contributed by atoms with Gasteiger partial charge in [-0.05, 0) is 30.7 Å². The molecule has 0 aliphatic heterocycles. The summed E-state index contributed by atoms with van der Waals surface area (Å²) in [7, 11) is 0. The van der Waals surface area contributed by atoms with Gasteiger partial charge >= 0.3 is 5.97 Å². The molecule has 3 nitrogen and oxygen atoms in total. The SMILES string of the molecule is CC(N)C(CC(=O)O)c1cc(Cl)ccc1Cl. The Hall–Kier alpha value is -0.770. The summed E-state index contributed by atoms with van der Waals surface area (Å²) in [6.45, 7) is 1.75. The number of carboxylic acids is 1. The van der Waals surface area contributed by atoms with E-state index in [-0.39, 0.29) is 18.4 Å². The molecule has 2 unspecified atom stereocenters. The van der Waals surface area contributed by atoms with Crippen molar-refractivity contribution in [2.45, 2.75) is 25.3 Å². The van der Waals surface area contributed by atoms with Gasteiger partial charge in [-0.25, -0.2) is 0 Å². The third kappa shape index (κ3) is 3.37. The Labute approximate surface area is 104 Å². The lowest BCUT2D eigenvalue weighted by Gasteiger charge is -2.20. The van der Waals surface area contributed by atoms with E-state index in [0.717, 1.165) is 0 Å². The number of halogens is 2. The second-order valence-corrected chi connectivity index (χ2v) is 4.57. The zero-order chi connectivity index (χ0) is 12.3. The Morgan fingerprint density at radius 3 is 2.62 bits per heavy atom. The van der Waals surface area contributed by atoms with Crippen LogP contribution in [0.4, 0.5) is 0 Å². The minimum atomic E-state index is -0.904. The Kier molecular flexibility index (Phi) is 4.59. The van der Waals surface area contributed by atoms with Crippen molar-refractivity contribution >= 4 is 29.2 Å². The molecule has 0 bridgehead atoms. The van der Waals surface area contributed by atoms with Crippen LogP contribution in [-0.4, -0.2) is 17.1 Å². The number of benzene rings is 1. The minimum absolute atomic E-state index is 0.0578. The maximum absolute atomic E-state index is 10.8. The molecule has 0 spiro atoms. The largest absolute Gasteiger partial charge is 0.481 e. The molecule has 0 heterocycles. The van der Waals surface area contributed by atoms with Gasteiger partial charge in [0, 0.05) is 22.0 Å². The van der Waals surface area contributed by atoms with Crippen molar-refractivity contribution < 1.29 is 9.90 Å². The third-order valence-electron chi connectivity index (χ3n) is 2.39. The van der Waals surface area contributed by atoms with Crippen LogP contribution >= 0.6 is 23.2 Å². The van der Waals surface area contributed by atoms with Gasteiger partial charge in [-0.3, -0.25) is 4.79 Å². The van der Waals surface area contributed by atoms with Crippen molar-refractivity contribution in [1.82, 2.24) is 0 Å². The number of rotatable bonds is 4. The van der Waals surface area contributed by atoms with Gasteiger partial charge in [0.15, 0.2) is 0 Å². The van der Waals surface area contributed by atoms with Crippen molar-refractivity contribution in [2.75, 3.05) is 0 Å². The predicted octanol–water partition coefficient (Wildman–Crippen LogP) is 2.90. The summed E-state index contributed by atoms with van der Waals surface area (Å²) in [4.78, 5) is 10.8.